The third-order valence-electron chi connectivity index (χ3n) is 6.19. The van der Waals surface area contributed by atoms with E-state index >= 15 is 0 Å². The normalized spacial score (nSPS) is 20.8. The summed E-state index contributed by atoms with van der Waals surface area (Å²) in [5.41, 5.74) is 2.47. The molecule has 0 aromatic heterocycles. The Hall–Kier alpha value is -3.16. The van der Waals surface area contributed by atoms with Gasteiger partial charge in [0.1, 0.15) is 11.5 Å². The van der Waals surface area contributed by atoms with Gasteiger partial charge in [0, 0.05) is 31.7 Å². The summed E-state index contributed by atoms with van der Waals surface area (Å²) >= 11 is 0. The number of amides is 1. The molecule has 0 radical (unpaired) electrons. The van der Waals surface area contributed by atoms with Gasteiger partial charge in [0.15, 0.2) is 0 Å². The van der Waals surface area contributed by atoms with Gasteiger partial charge in [0.2, 0.25) is 0 Å². The van der Waals surface area contributed by atoms with Gasteiger partial charge in [-0.3, -0.25) is 14.5 Å². The SMILES string of the molecule is Cc1ccc(C2/C(=C(\O)c3ccc(OC(C)C)cc3)C(=O)C(=O)N2CCN2CCOCC2)cc1. The number of carbonyl (C=O) groups is 2. The maximum Gasteiger partial charge on any atom is 0.295 e. The number of ketones is 1. The van der Waals surface area contributed by atoms with Crippen molar-refractivity contribution < 1.29 is 24.2 Å². The number of Topliss-reactive ketones (excluding diaryl/α,β-unsaturated/α-hetero) is 1. The first-order valence-electron chi connectivity index (χ1n) is 11.8. The van der Waals surface area contributed by atoms with Gasteiger partial charge < -0.3 is 19.5 Å². The molecule has 2 aliphatic rings. The van der Waals surface area contributed by atoms with Gasteiger partial charge >= 0.3 is 0 Å². The fourth-order valence-electron chi connectivity index (χ4n) is 4.40. The lowest BCUT2D eigenvalue weighted by atomic mass is 9.94. The average molecular weight is 465 g/mol. The molecule has 7 nitrogen and oxygen atoms in total. The minimum absolute atomic E-state index is 0.0257. The Morgan fingerprint density at radius 1 is 1.03 bits per heavy atom. The number of benzene rings is 2. The molecular formula is C27H32N2O5. The van der Waals surface area contributed by atoms with Crippen LogP contribution in [0.25, 0.3) is 5.76 Å². The summed E-state index contributed by atoms with van der Waals surface area (Å²) in [6.45, 7) is 9.81. The average Bonchev–Trinajstić information content (AvgIpc) is 3.08. The summed E-state index contributed by atoms with van der Waals surface area (Å²) in [7, 11) is 0. The molecule has 2 aromatic rings. The van der Waals surface area contributed by atoms with Crippen molar-refractivity contribution in [1.82, 2.24) is 9.80 Å². The number of nitrogens with zero attached hydrogens (tertiary/aromatic N) is 2. The van der Waals surface area contributed by atoms with Crippen LogP contribution >= 0.6 is 0 Å². The predicted octanol–water partition coefficient (Wildman–Crippen LogP) is 3.54. The first-order chi connectivity index (χ1) is 16.3. The van der Waals surface area contributed by atoms with Gasteiger partial charge in [0.05, 0.1) is 30.9 Å². The van der Waals surface area contributed by atoms with Crippen LogP contribution in [0.2, 0.25) is 0 Å². The molecule has 0 bridgehead atoms. The molecule has 2 saturated heterocycles. The second kappa shape index (κ2) is 10.4. The Morgan fingerprint density at radius 2 is 1.68 bits per heavy atom. The molecule has 1 unspecified atom stereocenters. The molecular weight excluding hydrogens is 432 g/mol. The van der Waals surface area contributed by atoms with E-state index in [1.54, 1.807) is 29.2 Å². The summed E-state index contributed by atoms with van der Waals surface area (Å²) in [5.74, 6) is -0.741. The Bertz CT molecular complexity index is 1050. The molecule has 4 rings (SSSR count). The summed E-state index contributed by atoms with van der Waals surface area (Å²) in [6.07, 6.45) is 0.0257. The summed E-state index contributed by atoms with van der Waals surface area (Å²) in [5, 5.41) is 11.2. The van der Waals surface area contributed by atoms with Crippen molar-refractivity contribution in [2.24, 2.45) is 0 Å². The second-order valence-electron chi connectivity index (χ2n) is 9.05. The highest BCUT2D eigenvalue weighted by Crippen LogP contribution is 2.39. The van der Waals surface area contributed by atoms with Crippen LogP contribution in [0.4, 0.5) is 0 Å². The van der Waals surface area contributed by atoms with Crippen LogP contribution < -0.4 is 4.74 Å². The van der Waals surface area contributed by atoms with E-state index < -0.39 is 17.7 Å². The standard InChI is InChI=1S/C27H32N2O5/c1-18(2)34-22-10-8-21(9-11-22)25(30)23-24(20-6-4-19(3)5-7-20)29(27(32)26(23)31)13-12-28-14-16-33-17-15-28/h4-11,18,24,30H,12-17H2,1-3H3/b25-23+. The minimum Gasteiger partial charge on any atom is -0.507 e. The van der Waals surface area contributed by atoms with E-state index in [1.807, 2.05) is 45.0 Å². The van der Waals surface area contributed by atoms with E-state index in [1.165, 1.54) is 0 Å². The van der Waals surface area contributed by atoms with Gasteiger partial charge in [-0.05, 0) is 50.6 Å². The smallest absolute Gasteiger partial charge is 0.295 e. The number of carbonyl (C=O) groups excluding carboxylic acids is 2. The molecule has 180 valence electrons. The summed E-state index contributed by atoms with van der Waals surface area (Å²) < 4.78 is 11.1. The van der Waals surface area contributed by atoms with E-state index in [0.717, 1.165) is 24.2 Å². The van der Waals surface area contributed by atoms with Crippen LogP contribution in [-0.4, -0.2) is 72.1 Å². The van der Waals surface area contributed by atoms with Crippen LogP contribution in [0.5, 0.6) is 5.75 Å². The molecule has 2 fully saturated rings. The molecule has 2 aliphatic heterocycles. The van der Waals surface area contributed by atoms with E-state index in [-0.39, 0.29) is 17.4 Å². The fourth-order valence-corrected chi connectivity index (χ4v) is 4.40. The molecule has 1 N–H and O–H groups in total. The van der Waals surface area contributed by atoms with Crippen LogP contribution in [0.3, 0.4) is 0 Å². The van der Waals surface area contributed by atoms with E-state index in [2.05, 4.69) is 4.90 Å². The number of rotatable bonds is 7. The van der Waals surface area contributed by atoms with Crippen molar-refractivity contribution in [2.75, 3.05) is 39.4 Å². The highest BCUT2D eigenvalue weighted by atomic mass is 16.5. The lowest BCUT2D eigenvalue weighted by molar-refractivity contribution is -0.140. The van der Waals surface area contributed by atoms with Gasteiger partial charge in [0.25, 0.3) is 11.7 Å². The zero-order chi connectivity index (χ0) is 24.2. The minimum atomic E-state index is -0.660. The molecule has 0 saturated carbocycles. The predicted molar refractivity (Wildman–Crippen MR) is 130 cm³/mol. The largest absolute Gasteiger partial charge is 0.507 e. The molecule has 0 aliphatic carbocycles. The zero-order valence-electron chi connectivity index (χ0n) is 20.0. The maximum atomic E-state index is 13.2. The third-order valence-corrected chi connectivity index (χ3v) is 6.19. The van der Waals surface area contributed by atoms with E-state index in [9.17, 15) is 14.7 Å². The van der Waals surface area contributed by atoms with Crippen molar-refractivity contribution in [2.45, 2.75) is 32.9 Å². The zero-order valence-corrected chi connectivity index (χ0v) is 20.0. The Labute approximate surface area is 200 Å². The number of aliphatic hydroxyl groups excluding tert-OH is 1. The van der Waals surface area contributed by atoms with Crippen molar-refractivity contribution in [1.29, 1.82) is 0 Å². The second-order valence-corrected chi connectivity index (χ2v) is 9.05. The van der Waals surface area contributed by atoms with Gasteiger partial charge in [-0.1, -0.05) is 29.8 Å². The summed E-state index contributed by atoms with van der Waals surface area (Å²) in [6, 6.07) is 14.0. The number of hydrogen-bond donors (Lipinski definition) is 1. The van der Waals surface area contributed by atoms with Gasteiger partial charge in [-0.15, -0.1) is 0 Å². The molecule has 1 amide bonds. The Balaban J connectivity index is 1.69. The number of hydrogen-bond acceptors (Lipinski definition) is 6. The number of aryl methyl sites for hydroxylation is 1. The third kappa shape index (κ3) is 5.16. The van der Waals surface area contributed by atoms with Crippen LogP contribution in [0, 0.1) is 6.92 Å². The van der Waals surface area contributed by atoms with Crippen LogP contribution in [0.1, 0.15) is 36.6 Å². The Kier molecular flexibility index (Phi) is 7.34. The van der Waals surface area contributed by atoms with E-state index in [0.29, 0.717) is 37.6 Å². The fraction of sp³-hybridized carbons (Fsp3) is 0.407. The Morgan fingerprint density at radius 3 is 2.29 bits per heavy atom. The quantitative estimate of drug-likeness (QED) is 0.384. The molecule has 7 heteroatoms. The number of likely N-dealkylation sites (tertiary alicyclic amines) is 1. The highest BCUT2D eigenvalue weighted by Gasteiger charge is 2.46. The monoisotopic (exact) mass is 464 g/mol. The van der Waals surface area contributed by atoms with Crippen molar-refractivity contribution in [3.05, 3.63) is 70.8 Å². The highest BCUT2D eigenvalue weighted by molar-refractivity contribution is 6.46. The molecule has 1 atom stereocenters. The topological polar surface area (TPSA) is 79.3 Å². The first kappa shape index (κ1) is 24.0. The molecule has 34 heavy (non-hydrogen) atoms. The van der Waals surface area contributed by atoms with E-state index in [4.69, 9.17) is 9.47 Å². The molecule has 2 aromatic carbocycles. The van der Waals surface area contributed by atoms with Crippen LogP contribution in [0.15, 0.2) is 54.1 Å². The number of morpholine rings is 1. The lowest BCUT2D eigenvalue weighted by Gasteiger charge is -2.31. The van der Waals surface area contributed by atoms with Crippen molar-refractivity contribution in [3.63, 3.8) is 0 Å². The first-order valence-corrected chi connectivity index (χ1v) is 11.8. The summed E-state index contributed by atoms with van der Waals surface area (Å²) in [4.78, 5) is 30.1. The van der Waals surface area contributed by atoms with Gasteiger partial charge in [-0.25, -0.2) is 0 Å². The maximum absolute atomic E-state index is 13.2. The molecule has 2 heterocycles. The lowest BCUT2D eigenvalue weighted by Crippen LogP contribution is -2.42. The van der Waals surface area contributed by atoms with Crippen molar-refractivity contribution in [3.8, 4) is 5.75 Å². The van der Waals surface area contributed by atoms with Crippen molar-refractivity contribution >= 4 is 17.4 Å². The van der Waals surface area contributed by atoms with Crippen LogP contribution in [-0.2, 0) is 14.3 Å². The number of ether oxygens (including phenoxy) is 2. The molecule has 0 spiro atoms. The number of aliphatic hydroxyl groups is 1. The van der Waals surface area contributed by atoms with Gasteiger partial charge in [-0.2, -0.15) is 0 Å².